The smallest absolute Gasteiger partial charge is 0.132 e. The third kappa shape index (κ3) is 2.25. The predicted molar refractivity (Wildman–Crippen MR) is 61.7 cm³/mol. The van der Waals surface area contributed by atoms with Crippen LogP contribution in [0.5, 0.6) is 0 Å². The molecule has 0 atom stereocenters. The van der Waals surface area contributed by atoms with Crippen LogP contribution in [0.4, 0.5) is 0 Å². The summed E-state index contributed by atoms with van der Waals surface area (Å²) in [5.41, 5.74) is 0.787. The fraction of sp³-hybridized carbons (Fsp3) is 0.923. The Morgan fingerprint density at radius 3 is 2.13 bits per heavy atom. The van der Waals surface area contributed by atoms with E-state index in [1.807, 2.05) is 0 Å². The summed E-state index contributed by atoms with van der Waals surface area (Å²) >= 11 is 0. The Labute approximate surface area is 92.8 Å². The summed E-state index contributed by atoms with van der Waals surface area (Å²) < 4.78 is 0. The standard InChI is InChI=1S/C13H23NO/c1-9(15)10-5-13(6-10)7-11(8-13)14-12(2,3)4/h10-11,14H,5-8H2,1-4H3. The molecule has 2 fully saturated rings. The first-order valence-electron chi connectivity index (χ1n) is 6.08. The average molecular weight is 209 g/mol. The Hall–Kier alpha value is -0.370. The summed E-state index contributed by atoms with van der Waals surface area (Å²) in [6, 6.07) is 0.693. The lowest BCUT2D eigenvalue weighted by Crippen LogP contribution is -2.59. The fourth-order valence-electron chi connectivity index (χ4n) is 3.31. The molecule has 2 saturated carbocycles. The molecule has 86 valence electrons. The van der Waals surface area contributed by atoms with Gasteiger partial charge in [0, 0.05) is 17.5 Å². The van der Waals surface area contributed by atoms with Crippen molar-refractivity contribution >= 4 is 5.78 Å². The van der Waals surface area contributed by atoms with Crippen molar-refractivity contribution in [1.82, 2.24) is 5.32 Å². The molecular formula is C13H23NO. The predicted octanol–water partition coefficient (Wildman–Crippen LogP) is 2.52. The van der Waals surface area contributed by atoms with Gasteiger partial charge in [0.1, 0.15) is 5.78 Å². The van der Waals surface area contributed by atoms with Crippen LogP contribution in [0.25, 0.3) is 0 Å². The molecule has 2 rings (SSSR count). The third-order valence-corrected chi connectivity index (χ3v) is 3.93. The molecule has 2 heteroatoms. The highest BCUT2D eigenvalue weighted by Gasteiger charge is 2.54. The molecule has 1 spiro atoms. The molecule has 0 radical (unpaired) electrons. The van der Waals surface area contributed by atoms with E-state index in [0.29, 0.717) is 23.2 Å². The lowest BCUT2D eigenvalue weighted by molar-refractivity contribution is -0.134. The largest absolute Gasteiger partial charge is 0.309 e. The molecule has 0 saturated heterocycles. The highest BCUT2D eigenvalue weighted by Crippen LogP contribution is 2.59. The van der Waals surface area contributed by atoms with Gasteiger partial charge in [-0.05, 0) is 58.8 Å². The van der Waals surface area contributed by atoms with Gasteiger partial charge in [-0.25, -0.2) is 0 Å². The minimum absolute atomic E-state index is 0.232. The number of rotatable bonds is 2. The van der Waals surface area contributed by atoms with Crippen LogP contribution in [0.1, 0.15) is 53.4 Å². The molecule has 2 aliphatic rings. The first-order chi connectivity index (χ1) is 6.80. The summed E-state index contributed by atoms with van der Waals surface area (Å²) in [4.78, 5) is 11.1. The summed E-state index contributed by atoms with van der Waals surface area (Å²) in [5.74, 6) is 0.786. The van der Waals surface area contributed by atoms with Crippen molar-refractivity contribution in [1.29, 1.82) is 0 Å². The van der Waals surface area contributed by atoms with Gasteiger partial charge in [0.2, 0.25) is 0 Å². The molecule has 0 unspecified atom stereocenters. The van der Waals surface area contributed by atoms with Gasteiger partial charge in [-0.2, -0.15) is 0 Å². The molecule has 0 aromatic rings. The second kappa shape index (κ2) is 3.31. The molecule has 0 aromatic heterocycles. The first-order valence-corrected chi connectivity index (χ1v) is 6.08. The van der Waals surface area contributed by atoms with Gasteiger partial charge in [0.15, 0.2) is 0 Å². The minimum atomic E-state index is 0.232. The maximum atomic E-state index is 11.1. The van der Waals surface area contributed by atoms with Crippen LogP contribution in [0.15, 0.2) is 0 Å². The summed E-state index contributed by atoms with van der Waals surface area (Å²) in [7, 11) is 0. The Balaban J connectivity index is 1.74. The van der Waals surface area contributed by atoms with E-state index in [0.717, 1.165) is 12.8 Å². The van der Waals surface area contributed by atoms with Gasteiger partial charge in [-0.15, -0.1) is 0 Å². The third-order valence-electron chi connectivity index (χ3n) is 3.93. The number of Topliss-reactive ketones (excluding diaryl/α,β-unsaturated/α-hetero) is 1. The summed E-state index contributed by atoms with van der Waals surface area (Å²) in [6.45, 7) is 8.40. The van der Waals surface area contributed by atoms with Crippen LogP contribution in [-0.4, -0.2) is 17.4 Å². The van der Waals surface area contributed by atoms with Gasteiger partial charge < -0.3 is 5.32 Å². The van der Waals surface area contributed by atoms with E-state index in [9.17, 15) is 4.79 Å². The van der Waals surface area contributed by atoms with Crippen molar-refractivity contribution in [2.45, 2.75) is 65.0 Å². The summed E-state index contributed by atoms with van der Waals surface area (Å²) in [6.07, 6.45) is 4.89. The van der Waals surface area contributed by atoms with Crippen molar-refractivity contribution in [2.75, 3.05) is 0 Å². The van der Waals surface area contributed by atoms with Crippen LogP contribution in [0, 0.1) is 11.3 Å². The van der Waals surface area contributed by atoms with Crippen LogP contribution in [0.2, 0.25) is 0 Å². The fourth-order valence-corrected chi connectivity index (χ4v) is 3.31. The minimum Gasteiger partial charge on any atom is -0.309 e. The van der Waals surface area contributed by atoms with E-state index in [-0.39, 0.29) is 5.54 Å². The zero-order chi connectivity index (χ0) is 11.3. The number of nitrogens with one attached hydrogen (secondary N) is 1. The zero-order valence-corrected chi connectivity index (χ0v) is 10.4. The number of carbonyl (C=O) groups is 1. The maximum absolute atomic E-state index is 11.1. The number of ketones is 1. The highest BCUT2D eigenvalue weighted by molar-refractivity contribution is 5.79. The summed E-state index contributed by atoms with van der Waals surface area (Å²) in [5, 5.41) is 3.64. The van der Waals surface area contributed by atoms with E-state index in [1.54, 1.807) is 6.92 Å². The average Bonchev–Trinajstić information content (AvgIpc) is 1.87. The van der Waals surface area contributed by atoms with Gasteiger partial charge in [-0.1, -0.05) is 0 Å². The molecule has 0 aliphatic heterocycles. The molecule has 0 heterocycles. The molecular weight excluding hydrogens is 186 g/mol. The topological polar surface area (TPSA) is 29.1 Å². The van der Waals surface area contributed by atoms with Crippen LogP contribution < -0.4 is 5.32 Å². The normalized spacial score (nSPS) is 39.7. The number of hydrogen-bond donors (Lipinski definition) is 1. The lowest BCUT2D eigenvalue weighted by atomic mass is 9.49. The van der Waals surface area contributed by atoms with Crippen LogP contribution >= 0.6 is 0 Å². The van der Waals surface area contributed by atoms with E-state index in [4.69, 9.17) is 0 Å². The Morgan fingerprint density at radius 2 is 1.73 bits per heavy atom. The van der Waals surface area contributed by atoms with Crippen molar-refractivity contribution in [3.05, 3.63) is 0 Å². The molecule has 1 N–H and O–H groups in total. The quantitative estimate of drug-likeness (QED) is 0.757. The molecule has 2 nitrogen and oxygen atoms in total. The zero-order valence-electron chi connectivity index (χ0n) is 10.4. The Bertz CT molecular complexity index is 263. The van der Waals surface area contributed by atoms with Crippen molar-refractivity contribution < 1.29 is 4.79 Å². The lowest BCUT2D eigenvalue weighted by Gasteiger charge is -2.58. The van der Waals surface area contributed by atoms with Crippen molar-refractivity contribution in [3.63, 3.8) is 0 Å². The van der Waals surface area contributed by atoms with Crippen molar-refractivity contribution in [2.24, 2.45) is 11.3 Å². The van der Waals surface area contributed by atoms with E-state index < -0.39 is 0 Å². The number of carbonyl (C=O) groups excluding carboxylic acids is 1. The molecule has 0 bridgehead atoms. The highest BCUT2D eigenvalue weighted by atomic mass is 16.1. The SMILES string of the molecule is CC(=O)C1CC2(CC(NC(C)(C)C)C2)C1. The second-order valence-electron chi connectivity index (χ2n) is 6.72. The van der Waals surface area contributed by atoms with Crippen molar-refractivity contribution in [3.8, 4) is 0 Å². The molecule has 0 amide bonds. The maximum Gasteiger partial charge on any atom is 0.132 e. The molecule has 15 heavy (non-hydrogen) atoms. The monoisotopic (exact) mass is 209 g/mol. The van der Waals surface area contributed by atoms with E-state index in [2.05, 4.69) is 26.1 Å². The Kier molecular flexibility index (Phi) is 2.45. The van der Waals surface area contributed by atoms with Gasteiger partial charge in [0.05, 0.1) is 0 Å². The molecule has 2 aliphatic carbocycles. The number of hydrogen-bond acceptors (Lipinski definition) is 2. The van der Waals surface area contributed by atoms with Crippen LogP contribution in [-0.2, 0) is 4.79 Å². The van der Waals surface area contributed by atoms with Gasteiger partial charge in [-0.3, -0.25) is 4.79 Å². The second-order valence-corrected chi connectivity index (χ2v) is 6.72. The first kappa shape index (κ1) is 11.1. The van der Waals surface area contributed by atoms with Crippen LogP contribution in [0.3, 0.4) is 0 Å². The molecule has 0 aromatic carbocycles. The Morgan fingerprint density at radius 1 is 1.20 bits per heavy atom. The van der Waals surface area contributed by atoms with E-state index in [1.165, 1.54) is 12.8 Å². The van der Waals surface area contributed by atoms with Gasteiger partial charge in [0.25, 0.3) is 0 Å². The van der Waals surface area contributed by atoms with Gasteiger partial charge >= 0.3 is 0 Å². The van der Waals surface area contributed by atoms with E-state index >= 15 is 0 Å².